The molecule has 0 radical (unpaired) electrons. The zero-order valence-corrected chi connectivity index (χ0v) is 20.2. The number of methoxy groups -OCH3 is 2. The van der Waals surface area contributed by atoms with Crippen LogP contribution in [-0.2, 0) is 16.4 Å². The number of ether oxygens (including phenoxy) is 2. The topological polar surface area (TPSA) is 117 Å². The van der Waals surface area contributed by atoms with Crippen molar-refractivity contribution in [1.82, 2.24) is 5.32 Å². The second-order valence-corrected chi connectivity index (χ2v) is 9.54. The molecule has 0 aliphatic carbocycles. The van der Waals surface area contributed by atoms with Gasteiger partial charge in [-0.3, -0.25) is 4.72 Å². The van der Waals surface area contributed by atoms with Gasteiger partial charge in [-0.1, -0.05) is 29.8 Å². The van der Waals surface area contributed by atoms with E-state index in [9.17, 15) is 18.6 Å². The highest BCUT2D eigenvalue weighted by Crippen LogP contribution is 2.30. The van der Waals surface area contributed by atoms with Gasteiger partial charge in [0.25, 0.3) is 10.0 Å². The molecule has 3 aromatic carbocycles. The Morgan fingerprint density at radius 2 is 1.65 bits per heavy atom. The van der Waals surface area contributed by atoms with Gasteiger partial charge < -0.3 is 25.0 Å². The molecule has 3 aromatic rings. The zero-order chi connectivity index (χ0) is 24.7. The van der Waals surface area contributed by atoms with Crippen LogP contribution in [-0.4, -0.2) is 45.9 Å². The maximum atomic E-state index is 12.7. The van der Waals surface area contributed by atoms with Crippen molar-refractivity contribution in [2.24, 2.45) is 0 Å². The Hall–Kier alpha value is -3.27. The minimum Gasteiger partial charge on any atom is -0.506 e. The Morgan fingerprint density at radius 1 is 0.941 bits per heavy atom. The summed E-state index contributed by atoms with van der Waals surface area (Å²) in [5.41, 5.74) is 2.46. The van der Waals surface area contributed by atoms with Crippen molar-refractivity contribution >= 4 is 15.7 Å². The molecule has 0 aliphatic rings. The number of sulfonamides is 1. The third-order valence-electron chi connectivity index (χ3n) is 5.36. The highest BCUT2D eigenvalue weighted by Gasteiger charge is 2.18. The van der Waals surface area contributed by atoms with Gasteiger partial charge in [-0.25, -0.2) is 8.42 Å². The lowest BCUT2D eigenvalue weighted by Crippen LogP contribution is -2.24. The van der Waals surface area contributed by atoms with Crippen LogP contribution in [0.5, 0.6) is 17.2 Å². The van der Waals surface area contributed by atoms with Gasteiger partial charge in [0.05, 0.1) is 30.9 Å². The number of aliphatic hydroxyl groups excluding tert-OH is 1. The van der Waals surface area contributed by atoms with Crippen molar-refractivity contribution in [2.75, 3.05) is 32.0 Å². The summed E-state index contributed by atoms with van der Waals surface area (Å²) in [6.07, 6.45) is -0.182. The average Bonchev–Trinajstić information content (AvgIpc) is 2.83. The predicted molar refractivity (Wildman–Crippen MR) is 131 cm³/mol. The summed E-state index contributed by atoms with van der Waals surface area (Å²) < 4.78 is 38.3. The molecule has 0 bridgehead atoms. The fraction of sp³-hybridized carbons (Fsp3) is 0.280. The second kappa shape index (κ2) is 11.2. The highest BCUT2D eigenvalue weighted by atomic mass is 32.2. The largest absolute Gasteiger partial charge is 0.506 e. The Morgan fingerprint density at radius 3 is 2.32 bits per heavy atom. The molecule has 0 saturated carbocycles. The summed E-state index contributed by atoms with van der Waals surface area (Å²) in [6.45, 7) is 2.72. The van der Waals surface area contributed by atoms with Crippen LogP contribution >= 0.6 is 0 Å². The first-order valence-electron chi connectivity index (χ1n) is 10.8. The van der Waals surface area contributed by atoms with Crippen molar-refractivity contribution in [3.8, 4) is 17.2 Å². The molecule has 9 heteroatoms. The molecule has 34 heavy (non-hydrogen) atoms. The van der Waals surface area contributed by atoms with Gasteiger partial charge in [0.1, 0.15) is 5.75 Å². The van der Waals surface area contributed by atoms with Crippen LogP contribution in [0.25, 0.3) is 0 Å². The second-order valence-electron chi connectivity index (χ2n) is 7.85. The lowest BCUT2D eigenvalue weighted by molar-refractivity contribution is 0.175. The smallest absolute Gasteiger partial charge is 0.262 e. The highest BCUT2D eigenvalue weighted by molar-refractivity contribution is 7.92. The minimum atomic E-state index is -3.88. The van der Waals surface area contributed by atoms with Crippen LogP contribution in [0.2, 0.25) is 0 Å². The number of phenols is 1. The van der Waals surface area contributed by atoms with E-state index in [1.54, 1.807) is 32.4 Å². The average molecular weight is 487 g/mol. The van der Waals surface area contributed by atoms with Crippen molar-refractivity contribution in [1.29, 1.82) is 0 Å². The Balaban J connectivity index is 1.60. The fourth-order valence-electron chi connectivity index (χ4n) is 3.39. The van der Waals surface area contributed by atoms with E-state index in [0.29, 0.717) is 30.0 Å². The number of hydrogen-bond acceptors (Lipinski definition) is 7. The number of rotatable bonds is 11. The van der Waals surface area contributed by atoms with Gasteiger partial charge in [-0.2, -0.15) is 0 Å². The maximum Gasteiger partial charge on any atom is 0.262 e. The molecule has 0 aromatic heterocycles. The summed E-state index contributed by atoms with van der Waals surface area (Å²) in [7, 11) is -0.712. The van der Waals surface area contributed by atoms with E-state index in [0.717, 1.165) is 11.1 Å². The van der Waals surface area contributed by atoms with Gasteiger partial charge >= 0.3 is 0 Å². The summed E-state index contributed by atoms with van der Waals surface area (Å²) in [4.78, 5) is 0.0836. The summed E-state index contributed by atoms with van der Waals surface area (Å²) >= 11 is 0. The Kier molecular flexibility index (Phi) is 8.38. The van der Waals surface area contributed by atoms with Crippen LogP contribution in [0.4, 0.5) is 5.69 Å². The van der Waals surface area contributed by atoms with Crippen LogP contribution in [0.15, 0.2) is 65.6 Å². The fourth-order valence-corrected chi connectivity index (χ4v) is 4.45. The standard InChI is InChI=1S/C25H30N2O6S/c1-17-4-8-20(9-5-17)34(30,31)27-21-15-19(7-10-22(21)28)23(29)16-26-13-12-18-6-11-24(32-2)25(14-18)33-3/h4-11,14-15,23,26-29H,12-13,16H2,1-3H3. The first-order valence-corrected chi connectivity index (χ1v) is 12.2. The molecule has 8 nitrogen and oxygen atoms in total. The number of anilines is 1. The van der Waals surface area contributed by atoms with E-state index in [-0.39, 0.29) is 22.9 Å². The maximum absolute atomic E-state index is 12.7. The van der Waals surface area contributed by atoms with E-state index in [4.69, 9.17) is 9.47 Å². The monoisotopic (exact) mass is 486 g/mol. The molecule has 4 N–H and O–H groups in total. The molecule has 0 heterocycles. The first kappa shape index (κ1) is 25.4. The lowest BCUT2D eigenvalue weighted by atomic mass is 10.1. The first-order chi connectivity index (χ1) is 16.2. The summed E-state index contributed by atoms with van der Waals surface area (Å²) in [6, 6.07) is 16.4. The normalized spacial score (nSPS) is 12.2. The number of aromatic hydroxyl groups is 1. The van der Waals surface area contributed by atoms with Gasteiger partial charge in [0, 0.05) is 6.54 Å². The molecule has 0 amide bonds. The van der Waals surface area contributed by atoms with Crippen LogP contribution in [0, 0.1) is 6.92 Å². The summed E-state index contributed by atoms with van der Waals surface area (Å²) in [5, 5.41) is 23.9. The molecule has 0 saturated heterocycles. The van der Waals surface area contributed by atoms with E-state index in [1.807, 2.05) is 25.1 Å². The van der Waals surface area contributed by atoms with Crippen LogP contribution in [0.3, 0.4) is 0 Å². The van der Waals surface area contributed by atoms with Gasteiger partial charge in [0.15, 0.2) is 11.5 Å². The molecule has 1 atom stereocenters. The van der Waals surface area contributed by atoms with Crippen molar-refractivity contribution in [3.05, 3.63) is 77.4 Å². The van der Waals surface area contributed by atoms with Gasteiger partial charge in [-0.15, -0.1) is 0 Å². The minimum absolute atomic E-state index is 0.00227. The molecular formula is C25H30N2O6S. The quantitative estimate of drug-likeness (QED) is 0.242. The molecule has 182 valence electrons. The van der Waals surface area contributed by atoms with Crippen molar-refractivity contribution < 1.29 is 28.1 Å². The molecule has 0 aliphatic heterocycles. The molecule has 0 fully saturated rings. The van der Waals surface area contributed by atoms with Gasteiger partial charge in [0.2, 0.25) is 0 Å². The third kappa shape index (κ3) is 6.40. The van der Waals surface area contributed by atoms with E-state index >= 15 is 0 Å². The number of hydrogen-bond donors (Lipinski definition) is 4. The van der Waals surface area contributed by atoms with E-state index < -0.39 is 16.1 Å². The lowest BCUT2D eigenvalue weighted by Gasteiger charge is -2.16. The zero-order valence-electron chi connectivity index (χ0n) is 19.4. The molecule has 0 spiro atoms. The number of nitrogens with one attached hydrogen (secondary N) is 2. The van der Waals surface area contributed by atoms with Crippen molar-refractivity contribution in [2.45, 2.75) is 24.3 Å². The Labute approximate surface area is 200 Å². The SMILES string of the molecule is COc1ccc(CCNCC(O)c2ccc(O)c(NS(=O)(=O)c3ccc(C)cc3)c2)cc1OC. The third-order valence-corrected chi connectivity index (χ3v) is 6.74. The van der Waals surface area contributed by atoms with Gasteiger partial charge in [-0.05, 0) is 67.4 Å². The van der Waals surface area contributed by atoms with Crippen molar-refractivity contribution in [3.63, 3.8) is 0 Å². The number of aryl methyl sites for hydroxylation is 1. The van der Waals surface area contributed by atoms with E-state index in [1.165, 1.54) is 24.3 Å². The summed E-state index contributed by atoms with van der Waals surface area (Å²) in [5.74, 6) is 1.09. The van der Waals surface area contributed by atoms with Crippen LogP contribution in [0.1, 0.15) is 22.8 Å². The number of phenolic OH excluding ortho intramolecular Hbond substituents is 1. The van der Waals surface area contributed by atoms with E-state index in [2.05, 4.69) is 10.0 Å². The Bertz CT molecular complexity index is 1210. The number of benzene rings is 3. The predicted octanol–water partition coefficient (Wildman–Crippen LogP) is 3.38. The molecular weight excluding hydrogens is 456 g/mol. The van der Waals surface area contributed by atoms with Crippen LogP contribution < -0.4 is 19.5 Å². The number of aliphatic hydroxyl groups is 1. The molecule has 1 unspecified atom stereocenters. The molecule has 3 rings (SSSR count).